The summed E-state index contributed by atoms with van der Waals surface area (Å²) in [5.74, 6) is 3.77. The van der Waals surface area contributed by atoms with Crippen molar-refractivity contribution in [1.29, 1.82) is 0 Å². The maximum atomic E-state index is 4.36. The van der Waals surface area contributed by atoms with Crippen LogP contribution >= 0.6 is 0 Å². The van der Waals surface area contributed by atoms with Gasteiger partial charge in [-0.1, -0.05) is 13.8 Å². The molecule has 0 bridgehead atoms. The molecule has 2 aliphatic rings. The molecule has 1 saturated carbocycles. The van der Waals surface area contributed by atoms with Crippen LogP contribution in [0.3, 0.4) is 0 Å². The second-order valence-electron chi connectivity index (χ2n) is 5.89. The van der Waals surface area contributed by atoms with Gasteiger partial charge in [-0.3, -0.25) is 5.10 Å². The molecular formula is C12H16N6. The second kappa shape index (κ2) is 3.40. The average Bonchev–Trinajstić information content (AvgIpc) is 2.83. The number of rotatable bonds is 3. The van der Waals surface area contributed by atoms with Gasteiger partial charge < -0.3 is 0 Å². The molecule has 18 heavy (non-hydrogen) atoms. The first-order valence-electron chi connectivity index (χ1n) is 6.56. The number of aromatic nitrogens is 6. The lowest BCUT2D eigenvalue weighted by Crippen LogP contribution is -1.98. The van der Waals surface area contributed by atoms with E-state index in [1.165, 1.54) is 17.7 Å². The van der Waals surface area contributed by atoms with Gasteiger partial charge in [0.1, 0.15) is 5.69 Å². The highest BCUT2D eigenvalue weighted by molar-refractivity contribution is 5.59. The fourth-order valence-electron chi connectivity index (χ4n) is 3.56. The Labute approximate surface area is 105 Å². The van der Waals surface area contributed by atoms with E-state index in [-0.39, 0.29) is 0 Å². The molecule has 2 N–H and O–H groups in total. The summed E-state index contributed by atoms with van der Waals surface area (Å²) in [7, 11) is 0. The first-order chi connectivity index (χ1) is 8.75. The molecule has 0 spiro atoms. The molecular weight excluding hydrogens is 228 g/mol. The first-order valence-corrected chi connectivity index (χ1v) is 6.56. The molecule has 0 unspecified atom stereocenters. The van der Waals surface area contributed by atoms with Crippen molar-refractivity contribution >= 4 is 0 Å². The van der Waals surface area contributed by atoms with Crippen molar-refractivity contribution in [3.63, 3.8) is 0 Å². The van der Waals surface area contributed by atoms with Gasteiger partial charge in [-0.25, -0.2) is 0 Å². The number of aromatic amines is 2. The first kappa shape index (κ1) is 10.2. The Bertz CT molecular complexity index is 569. The average molecular weight is 244 g/mol. The number of nitrogens with zero attached hydrogens (tertiary/aromatic N) is 4. The minimum atomic E-state index is 0.606. The maximum Gasteiger partial charge on any atom is 0.225 e. The van der Waals surface area contributed by atoms with E-state index in [9.17, 15) is 0 Å². The van der Waals surface area contributed by atoms with E-state index < -0.39 is 0 Å². The monoisotopic (exact) mass is 244 g/mol. The summed E-state index contributed by atoms with van der Waals surface area (Å²) in [6.07, 6.45) is 2.45. The Hall–Kier alpha value is -1.72. The van der Waals surface area contributed by atoms with Gasteiger partial charge in [-0.2, -0.15) is 10.3 Å². The van der Waals surface area contributed by atoms with Crippen molar-refractivity contribution in [2.45, 2.75) is 32.6 Å². The molecule has 0 radical (unpaired) electrons. The van der Waals surface area contributed by atoms with Crippen LogP contribution in [0.1, 0.15) is 37.4 Å². The van der Waals surface area contributed by atoms with Crippen molar-refractivity contribution in [3.8, 4) is 11.5 Å². The van der Waals surface area contributed by atoms with Crippen LogP contribution in [0.4, 0.5) is 0 Å². The van der Waals surface area contributed by atoms with Gasteiger partial charge in [0.15, 0.2) is 0 Å². The van der Waals surface area contributed by atoms with Crippen LogP contribution in [0.15, 0.2) is 0 Å². The summed E-state index contributed by atoms with van der Waals surface area (Å²) in [5, 5.41) is 21.7. The summed E-state index contributed by atoms with van der Waals surface area (Å²) in [5.41, 5.74) is 3.52. The molecule has 4 rings (SSSR count). The van der Waals surface area contributed by atoms with E-state index in [4.69, 9.17) is 0 Å². The van der Waals surface area contributed by atoms with Gasteiger partial charge in [0, 0.05) is 17.2 Å². The highest BCUT2D eigenvalue weighted by atomic mass is 15.5. The summed E-state index contributed by atoms with van der Waals surface area (Å²) in [4.78, 5) is 0. The van der Waals surface area contributed by atoms with Crippen LogP contribution in [-0.4, -0.2) is 30.8 Å². The summed E-state index contributed by atoms with van der Waals surface area (Å²) in [6.45, 7) is 4.60. The molecule has 0 aromatic carbocycles. The third-order valence-corrected chi connectivity index (χ3v) is 4.30. The molecule has 2 heterocycles. The fourth-order valence-corrected chi connectivity index (χ4v) is 3.56. The molecule has 6 nitrogen and oxygen atoms in total. The van der Waals surface area contributed by atoms with Crippen LogP contribution in [0.25, 0.3) is 11.5 Å². The Balaban J connectivity index is 1.63. The third kappa shape index (κ3) is 1.28. The van der Waals surface area contributed by atoms with Gasteiger partial charge in [-0.15, -0.1) is 10.2 Å². The smallest absolute Gasteiger partial charge is 0.225 e. The zero-order valence-corrected chi connectivity index (χ0v) is 10.5. The molecule has 0 amide bonds. The van der Waals surface area contributed by atoms with Crippen LogP contribution < -0.4 is 0 Å². The predicted octanol–water partition coefficient (Wildman–Crippen LogP) is 1.52. The summed E-state index contributed by atoms with van der Waals surface area (Å²) < 4.78 is 0. The number of H-pyrrole nitrogens is 2. The Morgan fingerprint density at radius 2 is 2.22 bits per heavy atom. The second-order valence-corrected chi connectivity index (χ2v) is 5.89. The number of fused-ring (bicyclic) bond motifs is 3. The number of hydrogen-bond acceptors (Lipinski definition) is 4. The molecule has 0 saturated heterocycles. The summed E-state index contributed by atoms with van der Waals surface area (Å²) in [6, 6.07) is 0. The SMILES string of the molecule is CC(C)C[C@@H]1[C@@H]2Cc3c(-c4nn[nH]n4)n[nH]c3[C@H]12. The van der Waals surface area contributed by atoms with E-state index in [1.54, 1.807) is 0 Å². The van der Waals surface area contributed by atoms with Crippen LogP contribution in [0.2, 0.25) is 0 Å². The summed E-state index contributed by atoms with van der Waals surface area (Å²) >= 11 is 0. The molecule has 3 atom stereocenters. The number of tetrazole rings is 1. The van der Waals surface area contributed by atoms with Gasteiger partial charge in [0.2, 0.25) is 5.82 Å². The Morgan fingerprint density at radius 3 is 2.94 bits per heavy atom. The lowest BCUT2D eigenvalue weighted by Gasteiger charge is -2.06. The van der Waals surface area contributed by atoms with Crippen molar-refractivity contribution in [2.75, 3.05) is 0 Å². The molecule has 6 heteroatoms. The largest absolute Gasteiger partial charge is 0.281 e. The quantitative estimate of drug-likeness (QED) is 0.857. The Morgan fingerprint density at radius 1 is 1.33 bits per heavy atom. The van der Waals surface area contributed by atoms with Crippen molar-refractivity contribution in [3.05, 3.63) is 11.3 Å². The van der Waals surface area contributed by atoms with Gasteiger partial charge in [0.25, 0.3) is 0 Å². The Kier molecular flexibility index (Phi) is 1.93. The standard InChI is InChI=1S/C12H16N6/c1-5(2)3-6-7-4-8-10(9(6)7)13-14-11(8)12-15-17-18-16-12/h5-7,9H,3-4H2,1-2H3,(H,13,14)(H,15,16,17,18)/t6-,7+,9-/m1/s1. The molecule has 2 aromatic rings. The predicted molar refractivity (Wildman–Crippen MR) is 64.6 cm³/mol. The van der Waals surface area contributed by atoms with Crippen LogP contribution in [-0.2, 0) is 6.42 Å². The third-order valence-electron chi connectivity index (χ3n) is 4.30. The highest BCUT2D eigenvalue weighted by Gasteiger charge is 2.57. The van der Waals surface area contributed by atoms with Crippen molar-refractivity contribution in [1.82, 2.24) is 30.8 Å². The van der Waals surface area contributed by atoms with E-state index >= 15 is 0 Å². The minimum Gasteiger partial charge on any atom is -0.281 e. The fraction of sp³-hybridized carbons (Fsp3) is 0.667. The van der Waals surface area contributed by atoms with E-state index in [0.717, 1.165) is 29.9 Å². The van der Waals surface area contributed by atoms with Crippen LogP contribution in [0.5, 0.6) is 0 Å². The van der Waals surface area contributed by atoms with Gasteiger partial charge in [0.05, 0.1) is 0 Å². The number of nitrogens with one attached hydrogen (secondary N) is 2. The van der Waals surface area contributed by atoms with Gasteiger partial charge >= 0.3 is 0 Å². The normalized spacial score (nSPS) is 28.5. The van der Waals surface area contributed by atoms with E-state index in [0.29, 0.717) is 11.7 Å². The molecule has 1 fully saturated rings. The van der Waals surface area contributed by atoms with E-state index in [2.05, 4.69) is 44.7 Å². The zero-order valence-electron chi connectivity index (χ0n) is 10.5. The topological polar surface area (TPSA) is 83.1 Å². The highest BCUT2D eigenvalue weighted by Crippen LogP contribution is 2.63. The molecule has 94 valence electrons. The number of hydrogen-bond donors (Lipinski definition) is 2. The van der Waals surface area contributed by atoms with Crippen molar-refractivity contribution in [2.24, 2.45) is 17.8 Å². The van der Waals surface area contributed by atoms with E-state index in [1.807, 2.05) is 0 Å². The molecule has 0 aliphatic heterocycles. The molecule has 2 aromatic heterocycles. The molecule has 2 aliphatic carbocycles. The van der Waals surface area contributed by atoms with Crippen LogP contribution in [0, 0.1) is 17.8 Å². The zero-order chi connectivity index (χ0) is 12.3. The lowest BCUT2D eigenvalue weighted by molar-refractivity contribution is 0.503. The lowest BCUT2D eigenvalue weighted by atomic mass is 9.99. The van der Waals surface area contributed by atoms with Gasteiger partial charge in [-0.05, 0) is 35.8 Å². The maximum absolute atomic E-state index is 4.36. The van der Waals surface area contributed by atoms with Crippen molar-refractivity contribution < 1.29 is 0 Å². The minimum absolute atomic E-state index is 0.606.